The van der Waals surface area contributed by atoms with Crippen LogP contribution in [0.4, 0.5) is 0 Å². The van der Waals surface area contributed by atoms with Gasteiger partial charge in [-0.25, -0.2) is 0 Å². The van der Waals surface area contributed by atoms with Gasteiger partial charge in [0.1, 0.15) is 0 Å². The van der Waals surface area contributed by atoms with Crippen LogP contribution >= 0.6 is 0 Å². The number of aliphatic hydroxyl groups excluding tert-OH is 1. The van der Waals surface area contributed by atoms with Crippen molar-refractivity contribution in [1.82, 2.24) is 5.32 Å². The Labute approximate surface area is 112 Å². The lowest BCUT2D eigenvalue weighted by Crippen LogP contribution is -2.37. The molecule has 18 heavy (non-hydrogen) atoms. The van der Waals surface area contributed by atoms with Crippen molar-refractivity contribution in [2.75, 3.05) is 13.2 Å². The molecule has 0 aromatic heterocycles. The lowest BCUT2D eigenvalue weighted by molar-refractivity contribution is -0.0310. The second-order valence-electron chi connectivity index (χ2n) is 5.71. The summed E-state index contributed by atoms with van der Waals surface area (Å²) in [6, 6.07) is 0.367. The highest BCUT2D eigenvalue weighted by Gasteiger charge is 2.20. The molecule has 1 fully saturated rings. The maximum atomic E-state index is 9.85. The summed E-state index contributed by atoms with van der Waals surface area (Å²) in [5.41, 5.74) is 0. The van der Waals surface area contributed by atoms with Gasteiger partial charge in [-0.15, -0.1) is 6.58 Å². The third-order valence-electron chi connectivity index (χ3n) is 3.63. The molecule has 4 unspecified atom stereocenters. The summed E-state index contributed by atoms with van der Waals surface area (Å²) >= 11 is 0. The molecular formula is C15H29NO2. The molecule has 0 aromatic carbocycles. The molecule has 0 bridgehead atoms. The van der Waals surface area contributed by atoms with Crippen molar-refractivity contribution in [3.05, 3.63) is 12.7 Å². The average Bonchev–Trinajstić information content (AvgIpc) is 2.34. The van der Waals surface area contributed by atoms with E-state index in [4.69, 9.17) is 4.74 Å². The fraction of sp³-hybridized carbons (Fsp3) is 0.867. The van der Waals surface area contributed by atoms with E-state index in [1.54, 1.807) is 0 Å². The monoisotopic (exact) mass is 255 g/mol. The molecule has 1 aliphatic carbocycles. The minimum Gasteiger partial charge on any atom is -0.389 e. The molecule has 4 atom stereocenters. The largest absolute Gasteiger partial charge is 0.389 e. The normalized spacial score (nSPS) is 27.7. The number of ether oxygens (including phenoxy) is 1. The van der Waals surface area contributed by atoms with Crippen LogP contribution in [0.1, 0.15) is 46.0 Å². The topological polar surface area (TPSA) is 41.5 Å². The molecule has 0 aliphatic heterocycles. The summed E-state index contributed by atoms with van der Waals surface area (Å²) in [7, 11) is 0. The number of rotatable bonds is 8. The van der Waals surface area contributed by atoms with E-state index in [-0.39, 0.29) is 0 Å². The van der Waals surface area contributed by atoms with E-state index in [1.807, 2.05) is 6.08 Å². The first-order valence-corrected chi connectivity index (χ1v) is 7.25. The van der Waals surface area contributed by atoms with E-state index in [1.165, 1.54) is 12.8 Å². The van der Waals surface area contributed by atoms with Crippen LogP contribution in [0.25, 0.3) is 0 Å². The number of hydrogen-bond donors (Lipinski definition) is 2. The first kappa shape index (κ1) is 15.7. The molecule has 0 amide bonds. The molecule has 0 heterocycles. The fourth-order valence-corrected chi connectivity index (χ4v) is 2.51. The van der Waals surface area contributed by atoms with Gasteiger partial charge >= 0.3 is 0 Å². The van der Waals surface area contributed by atoms with E-state index in [0.717, 1.165) is 25.2 Å². The lowest BCUT2D eigenvalue weighted by atomic mass is 9.89. The number of nitrogens with one attached hydrogen (secondary N) is 1. The molecule has 0 saturated heterocycles. The molecule has 3 heteroatoms. The lowest BCUT2D eigenvalue weighted by Gasteiger charge is -2.27. The summed E-state index contributed by atoms with van der Waals surface area (Å²) in [5.74, 6) is 0.770. The van der Waals surface area contributed by atoms with Crippen molar-refractivity contribution in [3.63, 3.8) is 0 Å². The summed E-state index contributed by atoms with van der Waals surface area (Å²) in [6.45, 7) is 9.13. The zero-order valence-corrected chi connectivity index (χ0v) is 11.9. The first-order chi connectivity index (χ1) is 8.61. The number of hydrogen-bond acceptors (Lipinski definition) is 3. The molecule has 1 aliphatic rings. The van der Waals surface area contributed by atoms with Crippen molar-refractivity contribution in [3.8, 4) is 0 Å². The van der Waals surface area contributed by atoms with Gasteiger partial charge in [-0.2, -0.15) is 0 Å². The van der Waals surface area contributed by atoms with Gasteiger partial charge in [-0.1, -0.05) is 25.8 Å². The smallest absolute Gasteiger partial charge is 0.0897 e. The van der Waals surface area contributed by atoms with Gasteiger partial charge in [0.2, 0.25) is 0 Å². The zero-order chi connectivity index (χ0) is 13.4. The highest BCUT2D eigenvalue weighted by molar-refractivity contribution is 4.76. The van der Waals surface area contributed by atoms with Crippen LogP contribution in [-0.4, -0.2) is 36.5 Å². The highest BCUT2D eigenvalue weighted by atomic mass is 16.5. The van der Waals surface area contributed by atoms with E-state index < -0.39 is 6.10 Å². The molecule has 2 N–H and O–H groups in total. The van der Waals surface area contributed by atoms with Crippen molar-refractivity contribution in [2.45, 2.75) is 64.2 Å². The standard InChI is InChI=1S/C15H29NO2/c1-4-6-13(3)16-10-14(17)11-18-15-8-5-7-12(2)9-15/h4,12-17H,1,5-11H2,2-3H3. The van der Waals surface area contributed by atoms with Gasteiger partial charge in [0.15, 0.2) is 0 Å². The molecular weight excluding hydrogens is 226 g/mol. The summed E-state index contributed by atoms with van der Waals surface area (Å²) in [6.07, 6.45) is 7.64. The fourth-order valence-electron chi connectivity index (χ4n) is 2.51. The predicted octanol–water partition coefficient (Wildman–Crippen LogP) is 2.50. The van der Waals surface area contributed by atoms with Crippen molar-refractivity contribution < 1.29 is 9.84 Å². The van der Waals surface area contributed by atoms with Crippen LogP contribution in [-0.2, 0) is 4.74 Å². The predicted molar refractivity (Wildman–Crippen MR) is 75.7 cm³/mol. The van der Waals surface area contributed by atoms with Gasteiger partial charge in [0.25, 0.3) is 0 Å². The minimum atomic E-state index is -0.408. The molecule has 0 radical (unpaired) electrons. The molecule has 106 valence electrons. The first-order valence-electron chi connectivity index (χ1n) is 7.25. The van der Waals surface area contributed by atoms with Crippen LogP contribution in [0.5, 0.6) is 0 Å². The van der Waals surface area contributed by atoms with E-state index >= 15 is 0 Å². The molecule has 3 nitrogen and oxygen atoms in total. The summed E-state index contributed by atoms with van der Waals surface area (Å²) in [4.78, 5) is 0. The minimum absolute atomic E-state index is 0.356. The van der Waals surface area contributed by atoms with E-state index in [2.05, 4.69) is 25.7 Å². The Morgan fingerprint density at radius 1 is 1.50 bits per heavy atom. The van der Waals surface area contributed by atoms with Crippen LogP contribution in [0.3, 0.4) is 0 Å². The Bertz CT molecular complexity index is 233. The molecule has 0 aromatic rings. The van der Waals surface area contributed by atoms with Gasteiger partial charge in [0.05, 0.1) is 18.8 Å². The van der Waals surface area contributed by atoms with E-state index in [9.17, 15) is 5.11 Å². The Hall–Kier alpha value is -0.380. The van der Waals surface area contributed by atoms with Gasteiger partial charge in [-0.05, 0) is 32.1 Å². The molecule has 1 rings (SSSR count). The molecule has 0 spiro atoms. The second kappa shape index (κ2) is 8.68. The molecule has 1 saturated carbocycles. The maximum Gasteiger partial charge on any atom is 0.0897 e. The Kier molecular flexibility index (Phi) is 7.56. The summed E-state index contributed by atoms with van der Waals surface area (Å²) in [5, 5.41) is 13.1. The van der Waals surface area contributed by atoms with Gasteiger partial charge < -0.3 is 15.2 Å². The third-order valence-corrected chi connectivity index (χ3v) is 3.63. The Balaban J connectivity index is 2.08. The Morgan fingerprint density at radius 2 is 2.28 bits per heavy atom. The second-order valence-corrected chi connectivity index (χ2v) is 5.71. The highest BCUT2D eigenvalue weighted by Crippen LogP contribution is 2.25. The Morgan fingerprint density at radius 3 is 2.94 bits per heavy atom. The van der Waals surface area contributed by atoms with Crippen molar-refractivity contribution in [2.24, 2.45) is 5.92 Å². The van der Waals surface area contributed by atoms with Crippen molar-refractivity contribution in [1.29, 1.82) is 0 Å². The van der Waals surface area contributed by atoms with Crippen LogP contribution in [0, 0.1) is 5.92 Å². The quantitative estimate of drug-likeness (QED) is 0.655. The third kappa shape index (κ3) is 6.53. The van der Waals surface area contributed by atoms with E-state index in [0.29, 0.717) is 25.3 Å². The summed E-state index contributed by atoms with van der Waals surface area (Å²) < 4.78 is 5.80. The van der Waals surface area contributed by atoms with Crippen LogP contribution < -0.4 is 5.32 Å². The zero-order valence-electron chi connectivity index (χ0n) is 11.9. The van der Waals surface area contributed by atoms with Crippen molar-refractivity contribution >= 4 is 0 Å². The van der Waals surface area contributed by atoms with Crippen LogP contribution in [0.15, 0.2) is 12.7 Å². The maximum absolute atomic E-state index is 9.85. The average molecular weight is 255 g/mol. The van der Waals surface area contributed by atoms with Gasteiger partial charge in [-0.3, -0.25) is 0 Å². The van der Waals surface area contributed by atoms with Gasteiger partial charge in [0, 0.05) is 12.6 Å². The number of aliphatic hydroxyl groups is 1. The SMILES string of the molecule is C=CCC(C)NCC(O)COC1CCCC(C)C1. The van der Waals surface area contributed by atoms with Crippen LogP contribution in [0.2, 0.25) is 0 Å².